The first kappa shape index (κ1) is 22.7. The minimum Gasteiger partial charge on any atom is -0.497 e. The van der Waals surface area contributed by atoms with Crippen LogP contribution in [0.1, 0.15) is 26.2 Å². The average Bonchev–Trinajstić information content (AvgIpc) is 3.11. The third kappa shape index (κ3) is 5.60. The lowest BCUT2D eigenvalue weighted by Crippen LogP contribution is -2.46. The Hall–Kier alpha value is -2.95. The molecule has 0 aliphatic carbocycles. The van der Waals surface area contributed by atoms with Crippen LogP contribution in [0.15, 0.2) is 29.4 Å². The molecule has 0 aromatic heterocycles. The maximum atomic E-state index is 13.0. The van der Waals surface area contributed by atoms with Crippen molar-refractivity contribution < 1.29 is 27.5 Å². The third-order valence-electron chi connectivity index (χ3n) is 5.22. The number of carbonyl (C=O) groups is 3. The molecular weight excluding hydrogens is 424 g/mol. The molecule has 3 amide bonds. The summed E-state index contributed by atoms with van der Waals surface area (Å²) in [5.41, 5.74) is 0.696. The van der Waals surface area contributed by atoms with Crippen molar-refractivity contribution in [1.82, 2.24) is 9.91 Å². The Bertz CT molecular complexity index is 1010. The summed E-state index contributed by atoms with van der Waals surface area (Å²) in [6.45, 7) is 1.83. The monoisotopic (exact) mass is 450 g/mol. The number of anilines is 1. The van der Waals surface area contributed by atoms with E-state index in [1.165, 1.54) is 12.0 Å². The van der Waals surface area contributed by atoms with E-state index in [9.17, 15) is 22.8 Å². The summed E-state index contributed by atoms with van der Waals surface area (Å²) in [7, 11) is -1.67. The summed E-state index contributed by atoms with van der Waals surface area (Å²) in [5.74, 6) is -0.666. The van der Waals surface area contributed by atoms with Crippen LogP contribution in [0.2, 0.25) is 0 Å². The molecule has 10 nitrogen and oxygen atoms in total. The average molecular weight is 451 g/mol. The van der Waals surface area contributed by atoms with Crippen LogP contribution in [0.3, 0.4) is 0 Å². The highest BCUT2D eigenvalue weighted by Crippen LogP contribution is 2.23. The van der Waals surface area contributed by atoms with Crippen molar-refractivity contribution in [1.29, 1.82) is 0 Å². The topological polar surface area (TPSA) is 125 Å². The predicted octanol–water partition coefficient (Wildman–Crippen LogP) is 0.648. The second-order valence-electron chi connectivity index (χ2n) is 7.44. The van der Waals surface area contributed by atoms with Crippen molar-refractivity contribution >= 4 is 39.0 Å². The predicted molar refractivity (Wildman–Crippen MR) is 114 cm³/mol. The van der Waals surface area contributed by atoms with E-state index in [1.807, 2.05) is 0 Å². The molecular formula is C20H26N4O6S. The zero-order valence-electron chi connectivity index (χ0n) is 17.5. The van der Waals surface area contributed by atoms with E-state index in [0.29, 0.717) is 17.9 Å². The molecule has 2 aliphatic heterocycles. The van der Waals surface area contributed by atoms with Gasteiger partial charge in [0, 0.05) is 31.1 Å². The molecule has 0 spiro atoms. The van der Waals surface area contributed by atoms with Crippen LogP contribution >= 0.6 is 0 Å². The number of benzene rings is 1. The number of carbonyl (C=O) groups excluding carboxylic acids is 3. The standard InChI is InChI=1S/C20H26N4O6S/c1-3-23(12-18(25)21-14-5-4-6-16(11-14)30-2)20(27)17-7-8-19(26)24(22-17)15-9-10-31(28,29)13-15/h4-6,11,15H,3,7-10,12-13H2,1-2H3,(H,21,25). The number of rotatable bonds is 7. The minimum absolute atomic E-state index is 0.00573. The summed E-state index contributed by atoms with van der Waals surface area (Å²) < 4.78 is 28.6. The van der Waals surface area contributed by atoms with E-state index in [1.54, 1.807) is 31.2 Å². The van der Waals surface area contributed by atoms with Gasteiger partial charge in [-0.3, -0.25) is 14.4 Å². The Balaban J connectivity index is 1.68. The Morgan fingerprint density at radius 1 is 1.32 bits per heavy atom. The van der Waals surface area contributed by atoms with Crippen LogP contribution in [0.25, 0.3) is 0 Å². The molecule has 1 fully saturated rings. The molecule has 0 saturated carbocycles. The van der Waals surface area contributed by atoms with E-state index >= 15 is 0 Å². The van der Waals surface area contributed by atoms with E-state index < -0.39 is 21.8 Å². The summed E-state index contributed by atoms with van der Waals surface area (Å²) >= 11 is 0. The molecule has 1 aromatic carbocycles. The van der Waals surface area contributed by atoms with Gasteiger partial charge in [-0.1, -0.05) is 6.07 Å². The molecule has 1 aromatic rings. The summed E-state index contributed by atoms with van der Waals surface area (Å²) in [5, 5.41) is 8.06. The molecule has 1 saturated heterocycles. The minimum atomic E-state index is -3.20. The number of nitrogens with zero attached hydrogens (tertiary/aromatic N) is 3. The molecule has 0 radical (unpaired) electrons. The van der Waals surface area contributed by atoms with Crippen LogP contribution < -0.4 is 10.1 Å². The highest BCUT2D eigenvalue weighted by Gasteiger charge is 2.37. The van der Waals surface area contributed by atoms with E-state index in [2.05, 4.69) is 10.4 Å². The van der Waals surface area contributed by atoms with Gasteiger partial charge in [0.1, 0.15) is 18.0 Å². The van der Waals surface area contributed by atoms with Gasteiger partial charge in [-0.25, -0.2) is 13.4 Å². The van der Waals surface area contributed by atoms with Crippen LogP contribution in [-0.4, -0.2) is 79.5 Å². The number of hydrogen-bond acceptors (Lipinski definition) is 7. The molecule has 1 atom stereocenters. The maximum absolute atomic E-state index is 13.0. The first-order chi connectivity index (χ1) is 14.7. The van der Waals surface area contributed by atoms with Gasteiger partial charge in [0.15, 0.2) is 9.84 Å². The zero-order valence-corrected chi connectivity index (χ0v) is 18.4. The van der Waals surface area contributed by atoms with Crippen LogP contribution in [0.5, 0.6) is 5.75 Å². The van der Waals surface area contributed by atoms with Crippen molar-refractivity contribution in [2.45, 2.75) is 32.2 Å². The molecule has 168 valence electrons. The normalized spacial score (nSPS) is 20.2. The van der Waals surface area contributed by atoms with Crippen LogP contribution in [0.4, 0.5) is 5.69 Å². The van der Waals surface area contributed by atoms with Gasteiger partial charge in [0.25, 0.3) is 5.91 Å². The maximum Gasteiger partial charge on any atom is 0.270 e. The number of ether oxygens (including phenoxy) is 1. The van der Waals surface area contributed by atoms with Gasteiger partial charge in [0.2, 0.25) is 11.8 Å². The lowest BCUT2D eigenvalue weighted by molar-refractivity contribution is -0.134. The number of sulfone groups is 1. The highest BCUT2D eigenvalue weighted by molar-refractivity contribution is 7.91. The zero-order chi connectivity index (χ0) is 22.6. The fourth-order valence-electron chi connectivity index (χ4n) is 3.56. The van der Waals surface area contributed by atoms with Gasteiger partial charge in [-0.2, -0.15) is 5.10 Å². The number of methoxy groups -OCH3 is 1. The number of nitrogens with one attached hydrogen (secondary N) is 1. The number of hydrogen-bond donors (Lipinski definition) is 1. The van der Waals surface area contributed by atoms with Gasteiger partial charge in [-0.15, -0.1) is 0 Å². The number of hydrazone groups is 1. The van der Waals surface area contributed by atoms with E-state index in [-0.39, 0.29) is 55.0 Å². The van der Waals surface area contributed by atoms with E-state index in [0.717, 1.165) is 5.01 Å². The second kappa shape index (κ2) is 9.46. The molecule has 1 unspecified atom stereocenters. The second-order valence-corrected chi connectivity index (χ2v) is 9.67. The van der Waals surface area contributed by atoms with Crippen molar-refractivity contribution in [2.24, 2.45) is 5.10 Å². The first-order valence-corrected chi connectivity index (χ1v) is 11.9. The summed E-state index contributed by atoms with van der Waals surface area (Å²) in [6, 6.07) is 6.32. The van der Waals surface area contributed by atoms with Crippen molar-refractivity contribution in [3.05, 3.63) is 24.3 Å². The molecule has 11 heteroatoms. The van der Waals surface area contributed by atoms with Gasteiger partial charge < -0.3 is 15.0 Å². The van der Waals surface area contributed by atoms with Gasteiger partial charge in [-0.05, 0) is 25.5 Å². The Labute approximate surface area is 181 Å². The Morgan fingerprint density at radius 2 is 2.10 bits per heavy atom. The summed E-state index contributed by atoms with van der Waals surface area (Å²) in [6.07, 6.45) is 0.538. The first-order valence-electron chi connectivity index (χ1n) is 10.1. The molecule has 1 N–H and O–H groups in total. The molecule has 2 aliphatic rings. The number of likely N-dealkylation sites (N-methyl/N-ethyl adjacent to an activating group) is 1. The smallest absolute Gasteiger partial charge is 0.270 e. The summed E-state index contributed by atoms with van der Waals surface area (Å²) in [4.78, 5) is 39.0. The molecule has 31 heavy (non-hydrogen) atoms. The molecule has 2 heterocycles. The molecule has 0 bridgehead atoms. The van der Waals surface area contributed by atoms with Gasteiger partial charge in [0.05, 0.1) is 24.7 Å². The van der Waals surface area contributed by atoms with Crippen LogP contribution in [0, 0.1) is 0 Å². The Morgan fingerprint density at radius 3 is 2.74 bits per heavy atom. The van der Waals surface area contributed by atoms with Crippen molar-refractivity contribution in [3.8, 4) is 5.75 Å². The fraction of sp³-hybridized carbons (Fsp3) is 0.500. The highest BCUT2D eigenvalue weighted by atomic mass is 32.2. The number of amides is 3. The SMILES string of the molecule is CCN(CC(=O)Nc1cccc(OC)c1)C(=O)C1=NN(C2CCS(=O)(=O)C2)C(=O)CC1. The van der Waals surface area contributed by atoms with Crippen LogP contribution in [-0.2, 0) is 24.2 Å². The Kier molecular flexibility index (Phi) is 6.94. The largest absolute Gasteiger partial charge is 0.497 e. The van der Waals surface area contributed by atoms with Crippen molar-refractivity contribution in [3.63, 3.8) is 0 Å². The molecule has 3 rings (SSSR count). The fourth-order valence-corrected chi connectivity index (χ4v) is 5.26. The quantitative estimate of drug-likeness (QED) is 0.650. The van der Waals surface area contributed by atoms with E-state index in [4.69, 9.17) is 4.74 Å². The van der Waals surface area contributed by atoms with Crippen molar-refractivity contribution in [2.75, 3.05) is 37.0 Å². The lowest BCUT2D eigenvalue weighted by atomic mass is 10.1. The lowest BCUT2D eigenvalue weighted by Gasteiger charge is -2.29. The van der Waals surface area contributed by atoms with Gasteiger partial charge >= 0.3 is 0 Å². The third-order valence-corrected chi connectivity index (χ3v) is 6.97.